The van der Waals surface area contributed by atoms with Crippen molar-refractivity contribution in [2.75, 3.05) is 32.1 Å². The molecule has 0 aliphatic heterocycles. The van der Waals surface area contributed by atoms with Crippen LogP contribution in [0.2, 0.25) is 0 Å². The normalized spacial score (nSPS) is 16.1. The molecule has 0 aliphatic rings. The molecule has 0 heterocycles. The second kappa shape index (κ2) is 6.35. The quantitative estimate of drug-likeness (QED) is 0.601. The van der Waals surface area contributed by atoms with Gasteiger partial charge in [0.05, 0.1) is 5.75 Å². The van der Waals surface area contributed by atoms with E-state index in [1.807, 2.05) is 25.8 Å². The van der Waals surface area contributed by atoms with Gasteiger partial charge in [0.1, 0.15) is 16.1 Å². The number of rotatable bonds is 8. The molecule has 0 saturated carbocycles. The largest absolute Gasteiger partial charge is 0.304 e. The van der Waals surface area contributed by atoms with Crippen molar-refractivity contribution in [3.63, 3.8) is 0 Å². The maximum Gasteiger partial charge on any atom is 0.148 e. The van der Waals surface area contributed by atoms with Gasteiger partial charge in [-0.25, -0.2) is 8.42 Å². The number of aldehydes is 1. The van der Waals surface area contributed by atoms with E-state index >= 15 is 0 Å². The van der Waals surface area contributed by atoms with E-state index in [1.165, 1.54) is 6.26 Å². The molecule has 0 aliphatic carbocycles. The highest BCUT2D eigenvalue weighted by molar-refractivity contribution is 7.90. The van der Waals surface area contributed by atoms with Crippen LogP contribution in [0.25, 0.3) is 0 Å². The molecule has 1 unspecified atom stereocenters. The second-order valence-corrected chi connectivity index (χ2v) is 7.15. The Kier molecular flexibility index (Phi) is 6.18. The summed E-state index contributed by atoms with van der Waals surface area (Å²) in [6.45, 7) is 5.05. The minimum Gasteiger partial charge on any atom is -0.304 e. The van der Waals surface area contributed by atoms with E-state index in [-0.39, 0.29) is 11.2 Å². The lowest BCUT2D eigenvalue weighted by Gasteiger charge is -2.28. The molecule has 0 N–H and O–H groups in total. The van der Waals surface area contributed by atoms with Crippen LogP contribution in [0.3, 0.4) is 0 Å². The maximum absolute atomic E-state index is 11.0. The molecule has 96 valence electrons. The third-order valence-electron chi connectivity index (χ3n) is 2.58. The first-order valence-corrected chi connectivity index (χ1v) is 7.61. The molecule has 0 aromatic carbocycles. The maximum atomic E-state index is 11.0. The van der Waals surface area contributed by atoms with Gasteiger partial charge in [-0.3, -0.25) is 0 Å². The van der Waals surface area contributed by atoms with E-state index < -0.39 is 9.84 Å². The fraction of sp³-hybridized carbons (Fsp3) is 0.909. The first-order valence-electron chi connectivity index (χ1n) is 5.55. The Balaban J connectivity index is 4.21. The minimum atomic E-state index is -2.92. The third kappa shape index (κ3) is 6.95. The summed E-state index contributed by atoms with van der Waals surface area (Å²) in [6, 6.07) is 0. The number of hydrogen-bond acceptors (Lipinski definition) is 4. The number of sulfone groups is 1. The average molecular weight is 249 g/mol. The summed E-state index contributed by atoms with van der Waals surface area (Å²) in [7, 11) is -1.07. The Bertz CT molecular complexity index is 313. The van der Waals surface area contributed by atoms with E-state index in [1.54, 1.807) is 0 Å². The molecule has 0 fully saturated rings. The predicted molar refractivity (Wildman–Crippen MR) is 66.3 cm³/mol. The van der Waals surface area contributed by atoms with E-state index in [0.717, 1.165) is 19.1 Å². The Morgan fingerprint density at radius 3 is 2.31 bits per heavy atom. The van der Waals surface area contributed by atoms with Crippen LogP contribution in [0.15, 0.2) is 0 Å². The summed E-state index contributed by atoms with van der Waals surface area (Å²) in [5.74, 6) is 0.143. The molecule has 0 saturated heterocycles. The van der Waals surface area contributed by atoms with Crippen molar-refractivity contribution in [1.29, 1.82) is 0 Å². The summed E-state index contributed by atoms with van der Waals surface area (Å²) >= 11 is 0. The molecule has 0 rings (SSSR count). The lowest BCUT2D eigenvalue weighted by molar-refractivity contribution is -0.116. The minimum absolute atomic E-state index is 0.143. The van der Waals surface area contributed by atoms with E-state index in [2.05, 4.69) is 0 Å². The van der Waals surface area contributed by atoms with Gasteiger partial charge in [-0.05, 0) is 13.5 Å². The highest BCUT2D eigenvalue weighted by Gasteiger charge is 2.24. The van der Waals surface area contributed by atoms with Crippen LogP contribution in [-0.2, 0) is 14.6 Å². The van der Waals surface area contributed by atoms with Crippen LogP contribution in [0, 0.1) is 5.41 Å². The average Bonchev–Trinajstić information content (AvgIpc) is 2.14. The molecular weight excluding hydrogens is 226 g/mol. The first-order chi connectivity index (χ1) is 7.22. The Morgan fingerprint density at radius 1 is 1.38 bits per heavy atom. The number of nitrogens with zero attached hydrogens (tertiary/aromatic N) is 1. The highest BCUT2D eigenvalue weighted by atomic mass is 32.2. The monoisotopic (exact) mass is 249 g/mol. The van der Waals surface area contributed by atoms with Gasteiger partial charge in [-0.1, -0.05) is 20.3 Å². The molecule has 1 atom stereocenters. The van der Waals surface area contributed by atoms with Crippen molar-refractivity contribution in [3.05, 3.63) is 0 Å². The third-order valence-corrected chi connectivity index (χ3v) is 3.50. The van der Waals surface area contributed by atoms with Crippen molar-refractivity contribution >= 4 is 16.1 Å². The summed E-state index contributed by atoms with van der Waals surface area (Å²) in [5, 5.41) is 0. The molecule has 0 amide bonds. The molecule has 4 nitrogen and oxygen atoms in total. The summed E-state index contributed by atoms with van der Waals surface area (Å²) in [5.41, 5.74) is -0.360. The fourth-order valence-corrected chi connectivity index (χ4v) is 2.41. The van der Waals surface area contributed by atoms with Crippen LogP contribution in [-0.4, -0.2) is 51.7 Å². The summed E-state index contributed by atoms with van der Waals surface area (Å²) < 4.78 is 22.0. The molecular formula is C11H23NO3S. The summed E-state index contributed by atoms with van der Waals surface area (Å²) in [6.07, 6.45) is 3.99. The number of hydrogen-bond donors (Lipinski definition) is 0. The van der Waals surface area contributed by atoms with Crippen LogP contribution in [0.4, 0.5) is 0 Å². The highest BCUT2D eigenvalue weighted by Crippen LogP contribution is 2.21. The summed E-state index contributed by atoms with van der Waals surface area (Å²) in [4.78, 5) is 12.9. The zero-order valence-corrected chi connectivity index (χ0v) is 11.5. The standard InChI is InChI=1S/C11H23NO3S/c1-5-6-11(2,10-13)9-12(3)7-8-16(4,14)15/h10H,5-9H2,1-4H3. The predicted octanol–water partition coefficient (Wildman–Crippen LogP) is 0.968. The van der Waals surface area contributed by atoms with Gasteiger partial charge in [-0.2, -0.15) is 0 Å². The van der Waals surface area contributed by atoms with Gasteiger partial charge < -0.3 is 9.69 Å². The lowest BCUT2D eigenvalue weighted by Crippen LogP contribution is -2.37. The molecule has 0 spiro atoms. The van der Waals surface area contributed by atoms with Gasteiger partial charge in [0, 0.05) is 24.8 Å². The van der Waals surface area contributed by atoms with Crippen molar-refractivity contribution in [2.24, 2.45) is 5.41 Å². The van der Waals surface area contributed by atoms with Crippen molar-refractivity contribution in [3.8, 4) is 0 Å². The van der Waals surface area contributed by atoms with Crippen LogP contribution < -0.4 is 0 Å². The van der Waals surface area contributed by atoms with Gasteiger partial charge in [-0.15, -0.1) is 0 Å². The van der Waals surface area contributed by atoms with Crippen molar-refractivity contribution < 1.29 is 13.2 Å². The van der Waals surface area contributed by atoms with Crippen LogP contribution in [0.1, 0.15) is 26.7 Å². The fourth-order valence-electron chi connectivity index (χ4n) is 1.76. The van der Waals surface area contributed by atoms with Crippen LogP contribution in [0.5, 0.6) is 0 Å². The second-order valence-electron chi connectivity index (χ2n) is 4.89. The number of carbonyl (C=O) groups excluding carboxylic acids is 1. The van der Waals surface area contributed by atoms with Gasteiger partial charge in [0.15, 0.2) is 0 Å². The van der Waals surface area contributed by atoms with Gasteiger partial charge in [0.2, 0.25) is 0 Å². The molecule has 0 aromatic rings. The Hall–Kier alpha value is -0.420. The number of carbonyl (C=O) groups is 1. The lowest BCUT2D eigenvalue weighted by atomic mass is 9.87. The Labute approximate surface area is 98.9 Å². The zero-order valence-electron chi connectivity index (χ0n) is 10.7. The molecule has 0 aromatic heterocycles. The first kappa shape index (κ1) is 15.6. The zero-order chi connectivity index (χ0) is 12.8. The van der Waals surface area contributed by atoms with Gasteiger partial charge in [0.25, 0.3) is 0 Å². The van der Waals surface area contributed by atoms with Crippen molar-refractivity contribution in [1.82, 2.24) is 4.90 Å². The molecule has 0 bridgehead atoms. The topological polar surface area (TPSA) is 54.5 Å². The van der Waals surface area contributed by atoms with E-state index in [0.29, 0.717) is 13.1 Å². The smallest absolute Gasteiger partial charge is 0.148 e. The molecule has 0 radical (unpaired) electrons. The Morgan fingerprint density at radius 2 is 1.94 bits per heavy atom. The molecule has 5 heteroatoms. The van der Waals surface area contributed by atoms with Crippen LogP contribution >= 0.6 is 0 Å². The SMILES string of the molecule is CCCC(C)(C=O)CN(C)CCS(C)(=O)=O. The van der Waals surface area contributed by atoms with E-state index in [4.69, 9.17) is 0 Å². The molecule has 16 heavy (non-hydrogen) atoms. The van der Waals surface area contributed by atoms with E-state index in [9.17, 15) is 13.2 Å². The van der Waals surface area contributed by atoms with Crippen molar-refractivity contribution in [2.45, 2.75) is 26.7 Å². The van der Waals surface area contributed by atoms with Gasteiger partial charge >= 0.3 is 0 Å².